The Morgan fingerprint density at radius 1 is 0.857 bits per heavy atom. The van der Waals surface area contributed by atoms with Gasteiger partial charge in [0.15, 0.2) is 0 Å². The average molecular weight is 476 g/mol. The van der Waals surface area contributed by atoms with Gasteiger partial charge in [0, 0.05) is 30.3 Å². The highest BCUT2D eigenvalue weighted by molar-refractivity contribution is 5.93. The number of hydrogen-bond acceptors (Lipinski definition) is 4. The highest BCUT2D eigenvalue weighted by Crippen LogP contribution is 2.21. The van der Waals surface area contributed by atoms with E-state index >= 15 is 0 Å². The summed E-state index contributed by atoms with van der Waals surface area (Å²) < 4.78 is 27.3. The number of aromatic nitrogens is 2. The number of halogens is 2. The highest BCUT2D eigenvalue weighted by Gasteiger charge is 2.12. The van der Waals surface area contributed by atoms with E-state index in [1.54, 1.807) is 24.3 Å². The Bertz CT molecular complexity index is 1430. The van der Waals surface area contributed by atoms with Gasteiger partial charge in [0.25, 0.3) is 5.56 Å². The topological polar surface area (TPSA) is 104 Å². The van der Waals surface area contributed by atoms with Crippen LogP contribution in [0.2, 0.25) is 0 Å². The molecule has 0 bridgehead atoms. The fraction of sp³-hybridized carbons (Fsp3) is 0.154. The molecular formula is C26H22F2N4O3. The molecule has 3 N–H and O–H groups in total. The highest BCUT2D eigenvalue weighted by atomic mass is 19.1. The van der Waals surface area contributed by atoms with Crippen LogP contribution in [0.5, 0.6) is 0 Å². The minimum atomic E-state index is -0.588. The molecule has 0 saturated heterocycles. The molecule has 0 radical (unpaired) electrons. The number of amides is 2. The van der Waals surface area contributed by atoms with Crippen LogP contribution in [0.25, 0.3) is 10.8 Å². The summed E-state index contributed by atoms with van der Waals surface area (Å²) in [5, 5.41) is 13.0. The Kier molecular flexibility index (Phi) is 7.25. The molecule has 0 unspecified atom stereocenters. The number of benzene rings is 3. The second kappa shape index (κ2) is 10.7. The smallest absolute Gasteiger partial charge is 0.272 e. The molecule has 4 rings (SSSR count). The standard InChI is InChI=1S/C26H22F2N4O3/c27-17-9-11-18(12-10-17)29-24(33)6-3-7-25(34)30-23-15-16(8-13-21(23)28)14-22-19-4-1-2-5-20(19)26(35)32-31-22/h1-2,4-5,8-13,15H,3,6-7,14H2,(H,29,33)(H,30,34)(H,32,35). The van der Waals surface area contributed by atoms with Gasteiger partial charge in [0.1, 0.15) is 11.6 Å². The maximum Gasteiger partial charge on any atom is 0.272 e. The van der Waals surface area contributed by atoms with Gasteiger partial charge in [-0.25, -0.2) is 13.9 Å². The van der Waals surface area contributed by atoms with Crippen molar-refractivity contribution in [3.63, 3.8) is 0 Å². The number of aromatic amines is 1. The summed E-state index contributed by atoms with van der Waals surface area (Å²) in [6.07, 6.45) is 0.683. The van der Waals surface area contributed by atoms with Crippen LogP contribution in [0.4, 0.5) is 20.2 Å². The first-order valence-electron chi connectivity index (χ1n) is 11.0. The van der Waals surface area contributed by atoms with E-state index in [9.17, 15) is 23.2 Å². The van der Waals surface area contributed by atoms with Crippen LogP contribution < -0.4 is 16.2 Å². The fourth-order valence-electron chi connectivity index (χ4n) is 3.66. The Labute approximate surface area is 199 Å². The predicted octanol–water partition coefficient (Wildman–Crippen LogP) is 4.54. The molecule has 0 fully saturated rings. The normalized spacial score (nSPS) is 10.8. The molecular weight excluding hydrogens is 454 g/mol. The zero-order chi connectivity index (χ0) is 24.8. The number of anilines is 2. The molecule has 178 valence electrons. The van der Waals surface area contributed by atoms with Crippen molar-refractivity contribution in [3.8, 4) is 0 Å². The summed E-state index contributed by atoms with van der Waals surface area (Å²) in [4.78, 5) is 36.3. The lowest BCUT2D eigenvalue weighted by Crippen LogP contribution is -2.15. The summed E-state index contributed by atoms with van der Waals surface area (Å²) in [5.41, 5.74) is 1.52. The van der Waals surface area contributed by atoms with Crippen molar-refractivity contribution in [2.45, 2.75) is 25.7 Å². The van der Waals surface area contributed by atoms with Crippen molar-refractivity contribution in [3.05, 3.63) is 100.0 Å². The third-order valence-electron chi connectivity index (χ3n) is 5.39. The van der Waals surface area contributed by atoms with Crippen molar-refractivity contribution >= 4 is 34.0 Å². The minimum absolute atomic E-state index is 0.0205. The van der Waals surface area contributed by atoms with E-state index in [1.165, 1.54) is 36.4 Å². The van der Waals surface area contributed by atoms with E-state index in [0.29, 0.717) is 34.1 Å². The number of carbonyl (C=O) groups excluding carboxylic acids is 2. The van der Waals surface area contributed by atoms with E-state index in [0.717, 1.165) is 0 Å². The number of fused-ring (bicyclic) bond motifs is 1. The van der Waals surface area contributed by atoms with E-state index in [4.69, 9.17) is 0 Å². The first-order valence-corrected chi connectivity index (χ1v) is 11.0. The molecule has 0 aliphatic carbocycles. The largest absolute Gasteiger partial charge is 0.326 e. The van der Waals surface area contributed by atoms with Crippen molar-refractivity contribution in [1.29, 1.82) is 0 Å². The second-order valence-electron chi connectivity index (χ2n) is 7.99. The monoisotopic (exact) mass is 476 g/mol. The van der Waals surface area contributed by atoms with Gasteiger partial charge in [-0.2, -0.15) is 5.10 Å². The van der Waals surface area contributed by atoms with Gasteiger partial charge < -0.3 is 10.6 Å². The lowest BCUT2D eigenvalue weighted by atomic mass is 10.0. The van der Waals surface area contributed by atoms with Crippen molar-refractivity contribution in [2.24, 2.45) is 0 Å². The number of carbonyl (C=O) groups is 2. The molecule has 1 heterocycles. The SMILES string of the molecule is O=C(CCCC(=O)Nc1cc(Cc2n[nH]c(=O)c3ccccc23)ccc1F)Nc1ccc(F)cc1. The summed E-state index contributed by atoms with van der Waals surface area (Å²) in [5.74, 6) is -1.73. The number of H-pyrrole nitrogens is 1. The molecule has 0 aliphatic rings. The lowest BCUT2D eigenvalue weighted by Gasteiger charge is -2.10. The molecule has 0 atom stereocenters. The molecule has 0 aliphatic heterocycles. The van der Waals surface area contributed by atoms with Crippen LogP contribution in [0.3, 0.4) is 0 Å². The van der Waals surface area contributed by atoms with Gasteiger partial charge >= 0.3 is 0 Å². The van der Waals surface area contributed by atoms with Crippen molar-refractivity contribution < 1.29 is 18.4 Å². The summed E-state index contributed by atoms with van der Waals surface area (Å²) in [6, 6.07) is 16.8. The van der Waals surface area contributed by atoms with Gasteiger partial charge in [-0.3, -0.25) is 14.4 Å². The van der Waals surface area contributed by atoms with E-state index in [2.05, 4.69) is 20.8 Å². The Morgan fingerprint density at radius 2 is 1.54 bits per heavy atom. The Balaban J connectivity index is 1.34. The molecule has 3 aromatic carbocycles. The molecule has 4 aromatic rings. The van der Waals surface area contributed by atoms with Crippen molar-refractivity contribution in [1.82, 2.24) is 10.2 Å². The van der Waals surface area contributed by atoms with Crippen LogP contribution in [-0.4, -0.2) is 22.0 Å². The van der Waals surface area contributed by atoms with Crippen LogP contribution in [0.15, 0.2) is 71.5 Å². The maximum absolute atomic E-state index is 14.3. The first kappa shape index (κ1) is 23.7. The third-order valence-corrected chi connectivity index (χ3v) is 5.39. The Hall–Kier alpha value is -4.40. The average Bonchev–Trinajstić information content (AvgIpc) is 2.84. The van der Waals surface area contributed by atoms with Crippen LogP contribution >= 0.6 is 0 Å². The van der Waals surface area contributed by atoms with E-state index in [1.807, 2.05) is 6.07 Å². The first-order chi connectivity index (χ1) is 16.9. The molecule has 1 aromatic heterocycles. The Morgan fingerprint density at radius 3 is 2.29 bits per heavy atom. The zero-order valence-electron chi connectivity index (χ0n) is 18.6. The third kappa shape index (κ3) is 6.14. The summed E-state index contributed by atoms with van der Waals surface area (Å²) >= 11 is 0. The zero-order valence-corrected chi connectivity index (χ0v) is 18.6. The van der Waals surface area contributed by atoms with Gasteiger partial charge in [0.2, 0.25) is 11.8 Å². The molecule has 9 heteroatoms. The molecule has 2 amide bonds. The predicted molar refractivity (Wildman–Crippen MR) is 129 cm³/mol. The summed E-state index contributed by atoms with van der Waals surface area (Å²) in [6.45, 7) is 0. The van der Waals surface area contributed by atoms with Gasteiger partial charge in [-0.05, 0) is 54.4 Å². The fourth-order valence-corrected chi connectivity index (χ4v) is 3.66. The minimum Gasteiger partial charge on any atom is -0.326 e. The number of nitrogens with one attached hydrogen (secondary N) is 3. The van der Waals surface area contributed by atoms with Gasteiger partial charge in [0.05, 0.1) is 16.8 Å². The van der Waals surface area contributed by atoms with E-state index in [-0.39, 0.29) is 36.4 Å². The number of hydrogen-bond donors (Lipinski definition) is 3. The van der Waals surface area contributed by atoms with Crippen LogP contribution in [-0.2, 0) is 16.0 Å². The molecule has 0 saturated carbocycles. The lowest BCUT2D eigenvalue weighted by molar-refractivity contribution is -0.117. The quantitative estimate of drug-likeness (QED) is 0.347. The number of rotatable bonds is 8. The van der Waals surface area contributed by atoms with Gasteiger partial charge in [-0.15, -0.1) is 0 Å². The second-order valence-corrected chi connectivity index (χ2v) is 7.99. The molecule has 0 spiro atoms. The van der Waals surface area contributed by atoms with Gasteiger partial charge in [-0.1, -0.05) is 24.3 Å². The van der Waals surface area contributed by atoms with Crippen LogP contribution in [0.1, 0.15) is 30.5 Å². The van der Waals surface area contributed by atoms with E-state index < -0.39 is 17.5 Å². The summed E-state index contributed by atoms with van der Waals surface area (Å²) in [7, 11) is 0. The molecule has 35 heavy (non-hydrogen) atoms. The maximum atomic E-state index is 14.3. The van der Waals surface area contributed by atoms with Crippen LogP contribution in [0, 0.1) is 11.6 Å². The number of nitrogens with zero attached hydrogens (tertiary/aromatic N) is 1. The molecule has 7 nitrogen and oxygen atoms in total. The van der Waals surface area contributed by atoms with Crippen molar-refractivity contribution in [2.75, 3.05) is 10.6 Å².